The van der Waals surface area contributed by atoms with Crippen molar-refractivity contribution in [3.05, 3.63) is 107 Å². The highest BCUT2D eigenvalue weighted by molar-refractivity contribution is 7.19. The Hall–Kier alpha value is -2.64. The van der Waals surface area contributed by atoms with Gasteiger partial charge in [0.15, 0.2) is 0 Å². The molecule has 0 amide bonds. The third kappa shape index (κ3) is 4.04. The Morgan fingerprint density at radius 3 is 1.63 bits per heavy atom. The van der Waals surface area contributed by atoms with Crippen molar-refractivity contribution in [1.82, 2.24) is 0 Å². The molecule has 0 nitrogen and oxygen atoms in total. The lowest BCUT2D eigenvalue weighted by atomic mass is 10.00. The molecule has 0 N–H and O–H groups in total. The minimum absolute atomic E-state index is 0.964. The number of aryl methyl sites for hydroxylation is 3. The first kappa shape index (κ1) is 17.8. The molecule has 1 heteroatoms. The third-order valence-electron chi connectivity index (χ3n) is 4.97. The molecular weight excluding hydrogens is 344 g/mol. The van der Waals surface area contributed by atoms with E-state index in [2.05, 4.69) is 99.6 Å². The van der Waals surface area contributed by atoms with E-state index in [4.69, 9.17) is 0 Å². The van der Waals surface area contributed by atoms with Gasteiger partial charge in [-0.1, -0.05) is 89.5 Å². The van der Waals surface area contributed by atoms with E-state index in [1.54, 1.807) is 0 Å². The third-order valence-corrected chi connectivity index (χ3v) is 6.25. The Morgan fingerprint density at radius 2 is 1.07 bits per heavy atom. The Labute approximate surface area is 166 Å². The van der Waals surface area contributed by atoms with E-state index in [9.17, 15) is 0 Å². The van der Waals surface area contributed by atoms with Gasteiger partial charge in [0.1, 0.15) is 0 Å². The maximum atomic E-state index is 2.38. The second-order valence-corrected chi connectivity index (χ2v) is 8.41. The van der Waals surface area contributed by atoms with Crippen LogP contribution >= 0.6 is 11.3 Å². The van der Waals surface area contributed by atoms with Gasteiger partial charge < -0.3 is 0 Å². The highest BCUT2D eigenvalue weighted by Gasteiger charge is 2.13. The summed E-state index contributed by atoms with van der Waals surface area (Å²) in [5, 5.41) is 0. The summed E-state index contributed by atoms with van der Waals surface area (Å²) < 4.78 is 0. The molecule has 1 heterocycles. The minimum Gasteiger partial charge on any atom is -0.135 e. The molecular formula is C26H24S. The van der Waals surface area contributed by atoms with Gasteiger partial charge in [0.2, 0.25) is 0 Å². The van der Waals surface area contributed by atoms with Crippen LogP contribution in [0.2, 0.25) is 0 Å². The number of thiophene rings is 1. The molecule has 4 aromatic rings. The lowest BCUT2D eigenvalue weighted by Gasteiger charge is -2.05. The van der Waals surface area contributed by atoms with Crippen molar-refractivity contribution < 1.29 is 0 Å². The van der Waals surface area contributed by atoms with Crippen LogP contribution in [0.15, 0.2) is 78.9 Å². The van der Waals surface area contributed by atoms with E-state index in [1.807, 2.05) is 11.3 Å². The van der Waals surface area contributed by atoms with Crippen LogP contribution in [0, 0.1) is 20.8 Å². The van der Waals surface area contributed by atoms with Gasteiger partial charge in [-0.25, -0.2) is 0 Å². The fourth-order valence-electron chi connectivity index (χ4n) is 3.30. The second kappa shape index (κ2) is 7.54. The van der Waals surface area contributed by atoms with Crippen LogP contribution in [0.3, 0.4) is 0 Å². The summed E-state index contributed by atoms with van der Waals surface area (Å²) in [5.41, 5.74) is 9.29. The predicted octanol–water partition coefficient (Wildman–Crippen LogP) is 7.60. The topological polar surface area (TPSA) is 0 Å². The molecule has 0 unspecified atom stereocenters. The summed E-state index contributed by atoms with van der Waals surface area (Å²) in [6.07, 6.45) is 0.964. The molecule has 0 atom stereocenters. The summed E-state index contributed by atoms with van der Waals surface area (Å²) in [4.78, 5) is 2.72. The first-order valence-electron chi connectivity index (χ1n) is 9.41. The zero-order valence-corrected chi connectivity index (χ0v) is 16.9. The van der Waals surface area contributed by atoms with Crippen LogP contribution < -0.4 is 0 Å². The van der Waals surface area contributed by atoms with Gasteiger partial charge in [-0.05, 0) is 55.5 Å². The highest BCUT2D eigenvalue weighted by atomic mass is 32.1. The summed E-state index contributed by atoms with van der Waals surface area (Å²) in [6.45, 7) is 6.42. The van der Waals surface area contributed by atoms with E-state index in [-0.39, 0.29) is 0 Å². The minimum atomic E-state index is 0.964. The standard InChI is InChI=1S/C26H24S/c1-18-4-10-21(11-5-18)16-24-17-25(22-12-6-19(2)7-13-22)27-26(24)23-14-8-20(3)9-15-23/h4-15,17H,16H2,1-3H3. The maximum Gasteiger partial charge on any atom is 0.0384 e. The molecule has 0 bridgehead atoms. The van der Waals surface area contributed by atoms with Crippen LogP contribution in [0.25, 0.3) is 20.9 Å². The lowest BCUT2D eigenvalue weighted by molar-refractivity contribution is 1.20. The number of hydrogen-bond donors (Lipinski definition) is 0. The van der Waals surface area contributed by atoms with E-state index in [0.29, 0.717) is 0 Å². The van der Waals surface area contributed by atoms with Crippen LogP contribution in [0.4, 0.5) is 0 Å². The molecule has 0 fully saturated rings. The van der Waals surface area contributed by atoms with E-state index in [1.165, 1.54) is 48.7 Å². The molecule has 3 aromatic carbocycles. The van der Waals surface area contributed by atoms with Crippen LogP contribution in [0.5, 0.6) is 0 Å². The van der Waals surface area contributed by atoms with E-state index < -0.39 is 0 Å². The van der Waals surface area contributed by atoms with Gasteiger partial charge in [0.25, 0.3) is 0 Å². The summed E-state index contributed by atoms with van der Waals surface area (Å²) in [7, 11) is 0. The predicted molar refractivity (Wildman–Crippen MR) is 119 cm³/mol. The zero-order chi connectivity index (χ0) is 18.8. The summed E-state index contributed by atoms with van der Waals surface area (Å²) in [6, 6.07) is 29.0. The molecule has 0 aliphatic carbocycles. The van der Waals surface area contributed by atoms with Crippen molar-refractivity contribution >= 4 is 11.3 Å². The Balaban J connectivity index is 1.77. The largest absolute Gasteiger partial charge is 0.135 e. The summed E-state index contributed by atoms with van der Waals surface area (Å²) >= 11 is 1.90. The lowest BCUT2D eigenvalue weighted by Crippen LogP contribution is -1.89. The molecule has 134 valence electrons. The molecule has 0 saturated heterocycles. The molecule has 0 radical (unpaired) electrons. The quantitative estimate of drug-likeness (QED) is 0.348. The van der Waals surface area contributed by atoms with Gasteiger partial charge >= 0.3 is 0 Å². The normalized spacial score (nSPS) is 10.9. The monoisotopic (exact) mass is 368 g/mol. The van der Waals surface area contributed by atoms with Gasteiger partial charge in [-0.3, -0.25) is 0 Å². The molecule has 0 aliphatic rings. The average Bonchev–Trinajstić information content (AvgIpc) is 3.08. The van der Waals surface area contributed by atoms with Crippen LogP contribution in [-0.4, -0.2) is 0 Å². The average molecular weight is 369 g/mol. The molecule has 1 aromatic heterocycles. The van der Waals surface area contributed by atoms with Gasteiger partial charge in [-0.2, -0.15) is 0 Å². The van der Waals surface area contributed by atoms with Crippen molar-refractivity contribution in [1.29, 1.82) is 0 Å². The molecule has 0 spiro atoms. The summed E-state index contributed by atoms with van der Waals surface area (Å²) in [5.74, 6) is 0. The Bertz CT molecular complexity index is 1030. The smallest absolute Gasteiger partial charge is 0.0384 e. The molecule has 27 heavy (non-hydrogen) atoms. The maximum absolute atomic E-state index is 2.38. The molecule has 4 rings (SSSR count). The van der Waals surface area contributed by atoms with E-state index >= 15 is 0 Å². The number of rotatable bonds is 4. The molecule has 0 aliphatic heterocycles. The number of hydrogen-bond acceptors (Lipinski definition) is 1. The van der Waals surface area contributed by atoms with Crippen molar-refractivity contribution in [3.63, 3.8) is 0 Å². The first-order valence-corrected chi connectivity index (χ1v) is 10.2. The van der Waals surface area contributed by atoms with Gasteiger partial charge in [0.05, 0.1) is 0 Å². The number of benzene rings is 3. The SMILES string of the molecule is Cc1ccc(Cc2cc(-c3ccc(C)cc3)sc2-c2ccc(C)cc2)cc1. The Kier molecular flexibility index (Phi) is 4.96. The second-order valence-electron chi connectivity index (χ2n) is 7.36. The van der Waals surface area contributed by atoms with Crippen molar-refractivity contribution in [2.75, 3.05) is 0 Å². The molecule has 0 saturated carbocycles. The van der Waals surface area contributed by atoms with Crippen LogP contribution in [-0.2, 0) is 6.42 Å². The highest BCUT2D eigenvalue weighted by Crippen LogP contribution is 2.39. The van der Waals surface area contributed by atoms with Crippen molar-refractivity contribution in [3.8, 4) is 20.9 Å². The zero-order valence-electron chi connectivity index (χ0n) is 16.1. The van der Waals surface area contributed by atoms with Gasteiger partial charge in [-0.15, -0.1) is 11.3 Å². The first-order chi connectivity index (χ1) is 13.1. The van der Waals surface area contributed by atoms with Crippen molar-refractivity contribution in [2.24, 2.45) is 0 Å². The Morgan fingerprint density at radius 1 is 0.593 bits per heavy atom. The van der Waals surface area contributed by atoms with Crippen LogP contribution in [0.1, 0.15) is 27.8 Å². The van der Waals surface area contributed by atoms with E-state index in [0.717, 1.165) is 6.42 Å². The fourth-order valence-corrected chi connectivity index (χ4v) is 4.49. The van der Waals surface area contributed by atoms with Gasteiger partial charge in [0, 0.05) is 9.75 Å². The van der Waals surface area contributed by atoms with Crippen molar-refractivity contribution in [2.45, 2.75) is 27.2 Å². The fraction of sp³-hybridized carbons (Fsp3) is 0.154.